The van der Waals surface area contributed by atoms with Crippen molar-refractivity contribution in [3.63, 3.8) is 0 Å². The minimum atomic E-state index is -3.98. The number of carbonyl (C=O) groups excluding carboxylic acids is 1. The van der Waals surface area contributed by atoms with Crippen molar-refractivity contribution in [2.24, 2.45) is 5.92 Å². The Balaban J connectivity index is 1.93. The summed E-state index contributed by atoms with van der Waals surface area (Å²) in [5.41, 5.74) is 1.79. The van der Waals surface area contributed by atoms with Gasteiger partial charge in [-0.25, -0.2) is 13.2 Å². The Morgan fingerprint density at radius 2 is 1.68 bits per heavy atom. The van der Waals surface area contributed by atoms with Crippen molar-refractivity contribution >= 4 is 22.1 Å². The number of benzene rings is 2. The van der Waals surface area contributed by atoms with Crippen LogP contribution in [-0.4, -0.2) is 49.0 Å². The molecule has 0 spiro atoms. The van der Waals surface area contributed by atoms with Crippen molar-refractivity contribution < 1.29 is 27.9 Å². The van der Waals surface area contributed by atoms with Crippen LogP contribution in [-0.2, 0) is 26.2 Å². The maximum absolute atomic E-state index is 13.3. The van der Waals surface area contributed by atoms with Gasteiger partial charge in [-0.1, -0.05) is 61.9 Å². The SMILES string of the molecule is Cc1ccc(S(=O)(=O)N(CC(C)C)[C@@H](CCCCNC(=O)OCc2ccccc2)C(=O)O)cc1. The van der Waals surface area contributed by atoms with Gasteiger partial charge in [0.05, 0.1) is 4.90 Å². The lowest BCUT2D eigenvalue weighted by molar-refractivity contribution is -0.141. The Kier molecular flexibility index (Phi) is 10.5. The lowest BCUT2D eigenvalue weighted by Crippen LogP contribution is -2.46. The van der Waals surface area contributed by atoms with Gasteiger partial charge in [-0.3, -0.25) is 4.79 Å². The minimum Gasteiger partial charge on any atom is -0.480 e. The van der Waals surface area contributed by atoms with Gasteiger partial charge >= 0.3 is 12.1 Å². The number of hydrogen-bond acceptors (Lipinski definition) is 5. The maximum atomic E-state index is 13.3. The molecule has 8 nitrogen and oxygen atoms in total. The van der Waals surface area contributed by atoms with E-state index in [0.717, 1.165) is 15.4 Å². The number of rotatable bonds is 13. The van der Waals surface area contributed by atoms with E-state index in [-0.39, 0.29) is 30.4 Å². The Labute approximate surface area is 202 Å². The number of unbranched alkanes of at least 4 members (excludes halogenated alkanes) is 1. The average molecular weight is 491 g/mol. The first kappa shape index (κ1) is 27.3. The van der Waals surface area contributed by atoms with Gasteiger partial charge in [0.15, 0.2) is 0 Å². The zero-order valence-corrected chi connectivity index (χ0v) is 20.8. The third kappa shape index (κ3) is 8.46. The zero-order valence-electron chi connectivity index (χ0n) is 19.9. The van der Waals surface area contributed by atoms with Crippen LogP contribution in [0.1, 0.15) is 44.2 Å². The number of alkyl carbamates (subject to hydrolysis) is 1. The summed E-state index contributed by atoms with van der Waals surface area (Å²) in [6.07, 6.45) is 0.494. The van der Waals surface area contributed by atoms with Crippen LogP contribution in [0.3, 0.4) is 0 Å². The van der Waals surface area contributed by atoms with E-state index in [1.165, 1.54) is 12.1 Å². The molecule has 2 rings (SSSR count). The smallest absolute Gasteiger partial charge is 0.407 e. The molecule has 0 saturated heterocycles. The van der Waals surface area contributed by atoms with Gasteiger partial charge < -0.3 is 15.2 Å². The van der Waals surface area contributed by atoms with Crippen LogP contribution in [0.5, 0.6) is 0 Å². The van der Waals surface area contributed by atoms with Gasteiger partial charge in [-0.2, -0.15) is 4.31 Å². The molecule has 1 amide bonds. The molecule has 0 aliphatic carbocycles. The summed E-state index contributed by atoms with van der Waals surface area (Å²) in [7, 11) is -3.98. The summed E-state index contributed by atoms with van der Waals surface area (Å²) in [5.74, 6) is -1.24. The van der Waals surface area contributed by atoms with Crippen LogP contribution in [0.4, 0.5) is 4.79 Å². The summed E-state index contributed by atoms with van der Waals surface area (Å²) in [4.78, 5) is 24.0. The first-order valence-corrected chi connectivity index (χ1v) is 12.8. The number of ether oxygens (including phenoxy) is 1. The van der Waals surface area contributed by atoms with E-state index < -0.39 is 28.1 Å². The third-order valence-corrected chi connectivity index (χ3v) is 7.08. The highest BCUT2D eigenvalue weighted by molar-refractivity contribution is 7.89. The van der Waals surface area contributed by atoms with E-state index >= 15 is 0 Å². The molecule has 0 aromatic heterocycles. The highest BCUT2D eigenvalue weighted by Crippen LogP contribution is 2.23. The molecule has 0 unspecified atom stereocenters. The lowest BCUT2D eigenvalue weighted by atomic mass is 10.1. The van der Waals surface area contributed by atoms with Crippen LogP contribution < -0.4 is 5.32 Å². The third-order valence-electron chi connectivity index (χ3n) is 5.19. The molecule has 0 aliphatic rings. The molecule has 0 heterocycles. The van der Waals surface area contributed by atoms with Crippen molar-refractivity contribution in [2.45, 2.75) is 57.6 Å². The first-order chi connectivity index (χ1) is 16.1. The largest absolute Gasteiger partial charge is 0.480 e. The quantitative estimate of drug-likeness (QED) is 0.407. The second-order valence-corrected chi connectivity index (χ2v) is 10.5. The molecule has 2 aromatic rings. The number of carboxylic acids is 1. The summed E-state index contributed by atoms with van der Waals surface area (Å²) >= 11 is 0. The number of carboxylic acid groups (broad SMARTS) is 1. The van der Waals surface area contributed by atoms with Crippen LogP contribution in [0.2, 0.25) is 0 Å². The summed E-state index contributed by atoms with van der Waals surface area (Å²) in [5, 5.41) is 12.5. The fourth-order valence-corrected chi connectivity index (χ4v) is 5.19. The highest BCUT2D eigenvalue weighted by Gasteiger charge is 2.35. The summed E-state index contributed by atoms with van der Waals surface area (Å²) in [6, 6.07) is 14.5. The maximum Gasteiger partial charge on any atom is 0.407 e. The van der Waals surface area contributed by atoms with Gasteiger partial charge in [0, 0.05) is 13.1 Å². The van der Waals surface area contributed by atoms with Crippen LogP contribution in [0, 0.1) is 12.8 Å². The number of carbonyl (C=O) groups is 2. The van der Waals surface area contributed by atoms with Gasteiger partial charge in [0.1, 0.15) is 12.6 Å². The van der Waals surface area contributed by atoms with Gasteiger partial charge in [-0.15, -0.1) is 0 Å². The number of hydrogen-bond donors (Lipinski definition) is 2. The second-order valence-electron chi connectivity index (χ2n) is 8.62. The highest BCUT2D eigenvalue weighted by atomic mass is 32.2. The predicted octanol–water partition coefficient (Wildman–Crippen LogP) is 4.19. The number of nitrogens with zero attached hydrogens (tertiary/aromatic N) is 1. The topological polar surface area (TPSA) is 113 Å². The molecule has 1 atom stereocenters. The monoisotopic (exact) mass is 490 g/mol. The van der Waals surface area contributed by atoms with Crippen molar-refractivity contribution in [3.05, 3.63) is 65.7 Å². The number of aryl methyl sites for hydroxylation is 1. The Morgan fingerprint density at radius 3 is 2.26 bits per heavy atom. The fraction of sp³-hybridized carbons (Fsp3) is 0.440. The normalized spacial score (nSPS) is 12.5. The van der Waals surface area contributed by atoms with Crippen LogP contribution >= 0.6 is 0 Å². The molecule has 0 aliphatic heterocycles. The zero-order chi connectivity index (χ0) is 25.1. The second kappa shape index (κ2) is 13.1. The Bertz CT molecular complexity index is 1020. The van der Waals surface area contributed by atoms with Crippen LogP contribution in [0.15, 0.2) is 59.5 Å². The molecule has 0 fully saturated rings. The number of sulfonamides is 1. The van der Waals surface area contributed by atoms with Crippen molar-refractivity contribution in [1.29, 1.82) is 0 Å². The van der Waals surface area contributed by atoms with Gasteiger partial charge in [0.25, 0.3) is 0 Å². The number of amides is 1. The minimum absolute atomic E-state index is 0.0527. The first-order valence-electron chi connectivity index (χ1n) is 11.4. The van der Waals surface area contributed by atoms with E-state index in [9.17, 15) is 23.1 Å². The number of nitrogens with one attached hydrogen (secondary N) is 1. The van der Waals surface area contributed by atoms with Crippen molar-refractivity contribution in [3.8, 4) is 0 Å². The Hall–Kier alpha value is -2.91. The molecule has 186 valence electrons. The molecule has 9 heteroatoms. The molecule has 0 saturated carbocycles. The van der Waals surface area contributed by atoms with Gasteiger partial charge in [0.2, 0.25) is 10.0 Å². The van der Waals surface area contributed by atoms with E-state index in [4.69, 9.17) is 4.74 Å². The molecule has 2 aromatic carbocycles. The van der Waals surface area contributed by atoms with Crippen LogP contribution in [0.25, 0.3) is 0 Å². The van der Waals surface area contributed by atoms with E-state index in [0.29, 0.717) is 19.4 Å². The average Bonchev–Trinajstić information content (AvgIpc) is 2.79. The van der Waals surface area contributed by atoms with Crippen molar-refractivity contribution in [1.82, 2.24) is 9.62 Å². The van der Waals surface area contributed by atoms with E-state index in [1.807, 2.05) is 51.1 Å². The van der Waals surface area contributed by atoms with E-state index in [1.54, 1.807) is 12.1 Å². The Morgan fingerprint density at radius 1 is 1.03 bits per heavy atom. The standard InChI is InChI=1S/C25H34N2O6S/c1-19(2)17-27(34(31,32)22-14-12-20(3)13-15-22)23(24(28)29)11-7-8-16-26-25(30)33-18-21-9-5-4-6-10-21/h4-6,9-10,12-15,19,23H,7-8,11,16-18H2,1-3H3,(H,26,30)(H,28,29)/t23-/m0/s1. The fourth-order valence-electron chi connectivity index (χ4n) is 3.42. The summed E-state index contributed by atoms with van der Waals surface area (Å²) < 4.78 is 32.8. The van der Waals surface area contributed by atoms with E-state index in [2.05, 4.69) is 5.32 Å². The van der Waals surface area contributed by atoms with Crippen molar-refractivity contribution in [2.75, 3.05) is 13.1 Å². The predicted molar refractivity (Wildman–Crippen MR) is 130 cm³/mol. The molecule has 0 bridgehead atoms. The number of aliphatic carboxylic acids is 1. The molecule has 34 heavy (non-hydrogen) atoms. The summed E-state index contributed by atoms with van der Waals surface area (Å²) in [6.45, 7) is 6.11. The molecule has 2 N–H and O–H groups in total. The molecular formula is C25H34N2O6S. The lowest BCUT2D eigenvalue weighted by Gasteiger charge is -2.29. The molecular weight excluding hydrogens is 456 g/mol. The molecule has 0 radical (unpaired) electrons. The van der Waals surface area contributed by atoms with Gasteiger partial charge in [-0.05, 0) is 49.8 Å².